The number of carbonyl (C=O) groups is 1. The van der Waals surface area contributed by atoms with Crippen molar-refractivity contribution >= 4 is 12.1 Å². The third-order valence-electron chi connectivity index (χ3n) is 4.92. The first-order valence-corrected chi connectivity index (χ1v) is 7.14. The van der Waals surface area contributed by atoms with Crippen molar-refractivity contribution in [2.75, 3.05) is 13.6 Å². The lowest BCUT2D eigenvalue weighted by atomic mass is 10.0. The topological polar surface area (TPSA) is 73.4 Å². The fourth-order valence-corrected chi connectivity index (χ4v) is 3.50. The van der Waals surface area contributed by atoms with Crippen LogP contribution in [0.3, 0.4) is 0 Å². The molecule has 1 amide bonds. The van der Waals surface area contributed by atoms with E-state index in [0.717, 1.165) is 32.2 Å². The molecule has 2 saturated carbocycles. The van der Waals surface area contributed by atoms with Gasteiger partial charge in [0.1, 0.15) is 11.5 Å². The summed E-state index contributed by atoms with van der Waals surface area (Å²) in [5.41, 5.74) is 6.60. The predicted octanol–water partition coefficient (Wildman–Crippen LogP) is 1.26. The molecule has 2 fully saturated rings. The van der Waals surface area contributed by atoms with E-state index in [4.69, 9.17) is 11.1 Å². The van der Waals surface area contributed by atoms with Crippen LogP contribution in [-0.4, -0.2) is 41.6 Å². The van der Waals surface area contributed by atoms with E-state index >= 15 is 0 Å². The number of rotatable bonds is 2. The van der Waals surface area contributed by atoms with Gasteiger partial charge < -0.3 is 20.9 Å². The second-order valence-corrected chi connectivity index (χ2v) is 6.13. The molecule has 0 aromatic heterocycles. The Morgan fingerprint density at radius 3 is 2.53 bits per heavy atom. The van der Waals surface area contributed by atoms with Crippen LogP contribution in [0.15, 0.2) is 11.5 Å². The summed E-state index contributed by atoms with van der Waals surface area (Å²) in [5.74, 6) is 0.746. The molecule has 3 rings (SSSR count). The van der Waals surface area contributed by atoms with Gasteiger partial charge in [-0.15, -0.1) is 0 Å². The van der Waals surface area contributed by atoms with Gasteiger partial charge in [0.15, 0.2) is 0 Å². The average molecular weight is 262 g/mol. The first kappa shape index (κ1) is 12.5. The van der Waals surface area contributed by atoms with Crippen molar-refractivity contribution < 1.29 is 4.79 Å². The summed E-state index contributed by atoms with van der Waals surface area (Å²) >= 11 is 0. The van der Waals surface area contributed by atoms with E-state index < -0.39 is 0 Å². The monoisotopic (exact) mass is 262 g/mol. The summed E-state index contributed by atoms with van der Waals surface area (Å²) in [6.07, 6.45) is 7.92. The summed E-state index contributed by atoms with van der Waals surface area (Å²) in [6, 6.07) is 0.451. The van der Waals surface area contributed by atoms with E-state index in [1.165, 1.54) is 19.1 Å². The van der Waals surface area contributed by atoms with E-state index in [1.807, 2.05) is 0 Å². The van der Waals surface area contributed by atoms with E-state index in [1.54, 1.807) is 11.9 Å². The number of hydrogen-bond donors (Lipinski definition) is 2. The van der Waals surface area contributed by atoms with Crippen LogP contribution in [0.1, 0.15) is 38.5 Å². The first-order valence-electron chi connectivity index (χ1n) is 7.14. The maximum absolute atomic E-state index is 12.5. The maximum atomic E-state index is 12.5. The molecule has 0 atom stereocenters. The highest BCUT2D eigenvalue weighted by Gasteiger charge is 2.55. The Morgan fingerprint density at radius 1 is 1.37 bits per heavy atom. The largest absolute Gasteiger partial charge is 0.384 e. The van der Waals surface area contributed by atoms with E-state index in [2.05, 4.69) is 4.90 Å². The third kappa shape index (κ3) is 1.83. The van der Waals surface area contributed by atoms with Crippen molar-refractivity contribution in [2.45, 2.75) is 44.6 Å². The van der Waals surface area contributed by atoms with Crippen LogP contribution >= 0.6 is 0 Å². The number of nitrogens with zero attached hydrogens (tertiary/aromatic N) is 2. The molecule has 3 aliphatic rings. The van der Waals surface area contributed by atoms with Crippen molar-refractivity contribution in [1.82, 2.24) is 9.80 Å². The minimum absolute atomic E-state index is 0.134. The molecule has 0 aromatic carbocycles. The van der Waals surface area contributed by atoms with E-state index in [9.17, 15) is 4.79 Å². The maximum Gasteiger partial charge on any atom is 0.234 e. The van der Waals surface area contributed by atoms with Crippen LogP contribution in [0, 0.1) is 10.8 Å². The molecule has 1 aliphatic heterocycles. The van der Waals surface area contributed by atoms with Crippen LogP contribution in [0.5, 0.6) is 0 Å². The SMILES string of the molecule is CN1C(=O)C2(CC2)CN(C2CCCC2)C(N)=C1C=N. The second kappa shape index (κ2) is 4.25. The number of carbonyl (C=O) groups excluding carboxylic acids is 1. The molecule has 0 unspecified atom stereocenters. The summed E-state index contributed by atoms with van der Waals surface area (Å²) in [6.45, 7) is 0.740. The molecule has 3 N–H and O–H groups in total. The summed E-state index contributed by atoms with van der Waals surface area (Å²) < 4.78 is 0. The van der Waals surface area contributed by atoms with Crippen molar-refractivity contribution in [3.63, 3.8) is 0 Å². The lowest BCUT2D eigenvalue weighted by Crippen LogP contribution is -2.41. The van der Waals surface area contributed by atoms with Crippen molar-refractivity contribution in [3.8, 4) is 0 Å². The molecule has 5 heteroatoms. The van der Waals surface area contributed by atoms with Crippen LogP contribution in [0.4, 0.5) is 0 Å². The molecule has 1 spiro atoms. The van der Waals surface area contributed by atoms with Gasteiger partial charge in [0.25, 0.3) is 0 Å². The highest BCUT2D eigenvalue weighted by molar-refractivity contribution is 5.93. The average Bonchev–Trinajstić information content (AvgIpc) is 3.00. The van der Waals surface area contributed by atoms with Crippen molar-refractivity contribution in [1.29, 1.82) is 5.41 Å². The van der Waals surface area contributed by atoms with Crippen LogP contribution in [0.2, 0.25) is 0 Å². The fraction of sp³-hybridized carbons (Fsp3) is 0.714. The molecular weight excluding hydrogens is 240 g/mol. The number of hydrogen-bond acceptors (Lipinski definition) is 4. The third-order valence-corrected chi connectivity index (χ3v) is 4.92. The zero-order chi connectivity index (χ0) is 13.6. The van der Waals surface area contributed by atoms with Gasteiger partial charge in [-0.2, -0.15) is 0 Å². The number of allylic oxidation sites excluding steroid dienone is 1. The quantitative estimate of drug-likeness (QED) is 0.736. The summed E-state index contributed by atoms with van der Waals surface area (Å²) in [4.78, 5) is 16.3. The molecule has 0 bridgehead atoms. The Balaban J connectivity index is 1.99. The van der Waals surface area contributed by atoms with Gasteiger partial charge in [0, 0.05) is 25.8 Å². The van der Waals surface area contributed by atoms with E-state index in [-0.39, 0.29) is 11.3 Å². The standard InChI is InChI=1S/C14H22N4O/c1-17-11(8-15)12(16)18(10-4-2-3-5-10)9-14(6-7-14)13(17)19/h8,10,15H,2-7,9,16H2,1H3. The van der Waals surface area contributed by atoms with Crippen molar-refractivity contribution in [2.24, 2.45) is 11.1 Å². The lowest BCUT2D eigenvalue weighted by Gasteiger charge is -2.32. The minimum Gasteiger partial charge on any atom is -0.384 e. The molecule has 0 aromatic rings. The van der Waals surface area contributed by atoms with Gasteiger partial charge in [-0.3, -0.25) is 4.79 Å². The molecule has 5 nitrogen and oxygen atoms in total. The Labute approximate surface area is 113 Å². The number of nitrogens with one attached hydrogen (secondary N) is 1. The lowest BCUT2D eigenvalue weighted by molar-refractivity contribution is -0.133. The van der Waals surface area contributed by atoms with Crippen molar-refractivity contribution in [3.05, 3.63) is 11.5 Å². The van der Waals surface area contributed by atoms with E-state index in [0.29, 0.717) is 17.6 Å². The Bertz CT molecular complexity index is 446. The fourth-order valence-electron chi connectivity index (χ4n) is 3.50. The smallest absolute Gasteiger partial charge is 0.234 e. The number of amides is 1. The zero-order valence-corrected chi connectivity index (χ0v) is 11.5. The molecule has 1 heterocycles. The highest BCUT2D eigenvalue weighted by Crippen LogP contribution is 2.50. The van der Waals surface area contributed by atoms with Crippen LogP contribution < -0.4 is 5.73 Å². The minimum atomic E-state index is -0.229. The van der Waals surface area contributed by atoms with Gasteiger partial charge in [-0.25, -0.2) is 0 Å². The molecule has 0 radical (unpaired) electrons. The highest BCUT2D eigenvalue weighted by atomic mass is 16.2. The van der Waals surface area contributed by atoms with Gasteiger partial charge >= 0.3 is 0 Å². The number of nitrogens with two attached hydrogens (primary N) is 1. The molecule has 104 valence electrons. The zero-order valence-electron chi connectivity index (χ0n) is 11.5. The Morgan fingerprint density at radius 2 is 2.00 bits per heavy atom. The first-order chi connectivity index (χ1) is 9.09. The predicted molar refractivity (Wildman–Crippen MR) is 73.4 cm³/mol. The van der Waals surface area contributed by atoms with Gasteiger partial charge in [0.05, 0.1) is 5.41 Å². The molecule has 19 heavy (non-hydrogen) atoms. The summed E-state index contributed by atoms with van der Waals surface area (Å²) in [7, 11) is 1.74. The van der Waals surface area contributed by atoms with Gasteiger partial charge in [-0.1, -0.05) is 12.8 Å². The van der Waals surface area contributed by atoms with Crippen LogP contribution in [-0.2, 0) is 4.79 Å². The Hall–Kier alpha value is -1.52. The molecular formula is C14H22N4O. The van der Waals surface area contributed by atoms with Crippen LogP contribution in [0.25, 0.3) is 0 Å². The Kier molecular flexibility index (Phi) is 2.80. The molecule has 0 saturated heterocycles. The second-order valence-electron chi connectivity index (χ2n) is 6.13. The van der Waals surface area contributed by atoms with Gasteiger partial charge in [0.2, 0.25) is 5.91 Å². The van der Waals surface area contributed by atoms with Gasteiger partial charge in [-0.05, 0) is 25.7 Å². The molecule has 2 aliphatic carbocycles. The normalized spacial score (nSPS) is 27.1. The summed E-state index contributed by atoms with van der Waals surface area (Å²) in [5, 5.41) is 7.57.